The maximum absolute atomic E-state index is 11.0. The Bertz CT molecular complexity index is 396. The SMILES string of the molecule is CCOC(=O)COCCNc1cccc(Br)c1C. The van der Waals surface area contributed by atoms with Gasteiger partial charge in [0.1, 0.15) is 6.61 Å². The van der Waals surface area contributed by atoms with Crippen molar-refractivity contribution in [1.29, 1.82) is 0 Å². The number of ether oxygens (including phenoxy) is 2. The average Bonchev–Trinajstić information content (AvgIpc) is 2.34. The minimum Gasteiger partial charge on any atom is -0.464 e. The van der Waals surface area contributed by atoms with E-state index in [1.54, 1.807) is 6.92 Å². The molecule has 1 rings (SSSR count). The van der Waals surface area contributed by atoms with E-state index in [2.05, 4.69) is 21.2 Å². The Morgan fingerprint density at radius 1 is 1.44 bits per heavy atom. The summed E-state index contributed by atoms with van der Waals surface area (Å²) in [6.07, 6.45) is 0. The fourth-order valence-electron chi connectivity index (χ4n) is 1.42. The minimum atomic E-state index is -0.323. The van der Waals surface area contributed by atoms with Crippen LogP contribution >= 0.6 is 15.9 Å². The van der Waals surface area contributed by atoms with Crippen LogP contribution in [0.5, 0.6) is 0 Å². The van der Waals surface area contributed by atoms with Crippen molar-refractivity contribution in [2.75, 3.05) is 31.7 Å². The molecule has 1 aromatic carbocycles. The zero-order chi connectivity index (χ0) is 13.4. The number of carbonyl (C=O) groups excluding carboxylic acids is 1. The second-order valence-corrected chi connectivity index (χ2v) is 4.55. The highest BCUT2D eigenvalue weighted by atomic mass is 79.9. The molecule has 5 heteroatoms. The molecule has 0 saturated heterocycles. The van der Waals surface area contributed by atoms with E-state index >= 15 is 0 Å². The fourth-order valence-corrected chi connectivity index (χ4v) is 1.78. The van der Waals surface area contributed by atoms with Crippen LogP contribution in [0.2, 0.25) is 0 Å². The van der Waals surface area contributed by atoms with Gasteiger partial charge in [0.2, 0.25) is 0 Å². The van der Waals surface area contributed by atoms with E-state index in [1.807, 2.05) is 25.1 Å². The van der Waals surface area contributed by atoms with E-state index < -0.39 is 0 Å². The Kier molecular flexibility index (Phi) is 6.75. The second-order valence-electron chi connectivity index (χ2n) is 3.70. The Balaban J connectivity index is 2.22. The van der Waals surface area contributed by atoms with Gasteiger partial charge in [-0.2, -0.15) is 0 Å². The number of benzene rings is 1. The van der Waals surface area contributed by atoms with E-state index in [0.29, 0.717) is 19.8 Å². The van der Waals surface area contributed by atoms with Gasteiger partial charge in [-0.3, -0.25) is 0 Å². The van der Waals surface area contributed by atoms with Gasteiger partial charge in [0.05, 0.1) is 13.2 Å². The van der Waals surface area contributed by atoms with Crippen molar-refractivity contribution in [3.63, 3.8) is 0 Å². The second kappa shape index (κ2) is 8.11. The van der Waals surface area contributed by atoms with Gasteiger partial charge >= 0.3 is 5.97 Å². The van der Waals surface area contributed by atoms with Gasteiger partial charge in [-0.05, 0) is 31.5 Å². The topological polar surface area (TPSA) is 47.6 Å². The van der Waals surface area contributed by atoms with Crippen molar-refractivity contribution in [3.05, 3.63) is 28.2 Å². The highest BCUT2D eigenvalue weighted by molar-refractivity contribution is 9.10. The normalized spacial score (nSPS) is 10.2. The fraction of sp³-hybridized carbons (Fsp3) is 0.462. The van der Waals surface area contributed by atoms with Gasteiger partial charge in [-0.1, -0.05) is 22.0 Å². The van der Waals surface area contributed by atoms with Crippen molar-refractivity contribution in [1.82, 2.24) is 0 Å². The van der Waals surface area contributed by atoms with Crippen LogP contribution in [0.25, 0.3) is 0 Å². The highest BCUT2D eigenvalue weighted by Crippen LogP contribution is 2.22. The largest absolute Gasteiger partial charge is 0.464 e. The highest BCUT2D eigenvalue weighted by Gasteiger charge is 2.02. The molecule has 0 aromatic heterocycles. The van der Waals surface area contributed by atoms with E-state index in [9.17, 15) is 4.79 Å². The summed E-state index contributed by atoms with van der Waals surface area (Å²) in [6.45, 7) is 5.31. The summed E-state index contributed by atoms with van der Waals surface area (Å²) in [6, 6.07) is 5.97. The van der Waals surface area contributed by atoms with Crippen LogP contribution in [0, 0.1) is 6.92 Å². The Morgan fingerprint density at radius 2 is 2.22 bits per heavy atom. The van der Waals surface area contributed by atoms with E-state index in [-0.39, 0.29) is 12.6 Å². The summed E-state index contributed by atoms with van der Waals surface area (Å²) in [5.74, 6) is -0.323. The molecular formula is C13H18BrNO3. The van der Waals surface area contributed by atoms with Crippen molar-refractivity contribution in [3.8, 4) is 0 Å². The summed E-state index contributed by atoms with van der Waals surface area (Å²) in [7, 11) is 0. The van der Waals surface area contributed by atoms with Gasteiger partial charge in [0.25, 0.3) is 0 Å². The predicted octanol–water partition coefficient (Wildman–Crippen LogP) is 2.75. The first-order valence-corrected chi connectivity index (χ1v) is 6.66. The van der Waals surface area contributed by atoms with Crippen LogP contribution in [-0.4, -0.2) is 32.3 Å². The number of hydrogen-bond acceptors (Lipinski definition) is 4. The zero-order valence-corrected chi connectivity index (χ0v) is 12.2. The summed E-state index contributed by atoms with van der Waals surface area (Å²) in [4.78, 5) is 11.0. The molecule has 0 aliphatic heterocycles. The third-order valence-electron chi connectivity index (χ3n) is 2.35. The standard InChI is InChI=1S/C13H18BrNO3/c1-3-18-13(16)9-17-8-7-15-12-6-4-5-11(14)10(12)2/h4-6,15H,3,7-9H2,1-2H3. The molecule has 4 nitrogen and oxygen atoms in total. The molecule has 100 valence electrons. The molecule has 0 spiro atoms. The number of halogens is 1. The van der Waals surface area contributed by atoms with E-state index in [4.69, 9.17) is 9.47 Å². The lowest BCUT2D eigenvalue weighted by molar-refractivity contribution is -0.148. The molecule has 0 saturated carbocycles. The van der Waals surface area contributed by atoms with Crippen LogP contribution in [0.4, 0.5) is 5.69 Å². The van der Waals surface area contributed by atoms with Crippen LogP contribution < -0.4 is 5.32 Å². The van der Waals surface area contributed by atoms with Crippen molar-refractivity contribution >= 4 is 27.6 Å². The lowest BCUT2D eigenvalue weighted by atomic mass is 10.2. The summed E-state index contributed by atoms with van der Waals surface area (Å²) < 4.78 is 11.0. The molecule has 1 aromatic rings. The van der Waals surface area contributed by atoms with Crippen LogP contribution in [-0.2, 0) is 14.3 Å². The molecule has 0 unspecified atom stereocenters. The lowest BCUT2D eigenvalue weighted by Gasteiger charge is -2.10. The number of anilines is 1. The molecular weight excluding hydrogens is 298 g/mol. The molecule has 0 atom stereocenters. The number of nitrogens with one attached hydrogen (secondary N) is 1. The van der Waals surface area contributed by atoms with E-state index in [0.717, 1.165) is 15.7 Å². The summed E-state index contributed by atoms with van der Waals surface area (Å²) >= 11 is 3.47. The summed E-state index contributed by atoms with van der Waals surface area (Å²) in [5, 5.41) is 3.25. The molecule has 0 fully saturated rings. The molecule has 0 aliphatic rings. The maximum Gasteiger partial charge on any atom is 0.332 e. The number of carbonyl (C=O) groups is 1. The quantitative estimate of drug-likeness (QED) is 0.621. The van der Waals surface area contributed by atoms with Gasteiger partial charge in [0, 0.05) is 16.7 Å². The first-order chi connectivity index (χ1) is 8.65. The Labute approximate surface area is 116 Å². The Hall–Kier alpha value is -1.07. The molecule has 0 aliphatic carbocycles. The lowest BCUT2D eigenvalue weighted by Crippen LogP contribution is -2.16. The minimum absolute atomic E-state index is 0.00693. The van der Waals surface area contributed by atoms with Gasteiger partial charge in [-0.15, -0.1) is 0 Å². The molecule has 0 radical (unpaired) electrons. The van der Waals surface area contributed by atoms with Crippen molar-refractivity contribution in [2.45, 2.75) is 13.8 Å². The predicted molar refractivity (Wildman–Crippen MR) is 74.8 cm³/mol. The number of esters is 1. The third kappa shape index (κ3) is 5.06. The van der Waals surface area contributed by atoms with Gasteiger partial charge < -0.3 is 14.8 Å². The van der Waals surface area contributed by atoms with Gasteiger partial charge in [0.15, 0.2) is 0 Å². The molecule has 0 amide bonds. The van der Waals surface area contributed by atoms with Gasteiger partial charge in [-0.25, -0.2) is 4.79 Å². The third-order valence-corrected chi connectivity index (χ3v) is 3.21. The van der Waals surface area contributed by atoms with Crippen LogP contribution in [0.1, 0.15) is 12.5 Å². The molecule has 0 heterocycles. The average molecular weight is 316 g/mol. The molecule has 0 bridgehead atoms. The van der Waals surface area contributed by atoms with Crippen molar-refractivity contribution < 1.29 is 14.3 Å². The zero-order valence-electron chi connectivity index (χ0n) is 10.7. The van der Waals surface area contributed by atoms with Crippen LogP contribution in [0.15, 0.2) is 22.7 Å². The first-order valence-electron chi connectivity index (χ1n) is 5.87. The molecule has 18 heavy (non-hydrogen) atoms. The smallest absolute Gasteiger partial charge is 0.332 e. The maximum atomic E-state index is 11.0. The van der Waals surface area contributed by atoms with Crippen LogP contribution in [0.3, 0.4) is 0 Å². The first kappa shape index (κ1) is 15.0. The van der Waals surface area contributed by atoms with E-state index in [1.165, 1.54) is 0 Å². The summed E-state index contributed by atoms with van der Waals surface area (Å²) in [5.41, 5.74) is 2.21. The number of hydrogen-bond donors (Lipinski definition) is 1. The monoisotopic (exact) mass is 315 g/mol. The Morgan fingerprint density at radius 3 is 2.94 bits per heavy atom. The number of rotatable bonds is 7. The van der Waals surface area contributed by atoms with Crippen molar-refractivity contribution in [2.24, 2.45) is 0 Å². The molecule has 1 N–H and O–H groups in total.